The highest BCUT2D eigenvalue weighted by molar-refractivity contribution is 7.11. The molecule has 0 spiro atoms. The molecule has 0 fully saturated rings. The number of nitrogens with zero attached hydrogens (tertiary/aromatic N) is 3. The Hall–Kier alpha value is -1.92. The Bertz CT molecular complexity index is 724. The largest absolute Gasteiger partial charge is 0.356 e. The Kier molecular flexibility index (Phi) is 7.03. The van der Waals surface area contributed by atoms with Gasteiger partial charge in [0, 0.05) is 57.3 Å². The first-order chi connectivity index (χ1) is 12.7. The molecule has 1 aromatic heterocycles. The van der Waals surface area contributed by atoms with Crippen LogP contribution in [0.5, 0.6) is 0 Å². The molecule has 0 amide bonds. The number of fused-ring (bicyclic) bond motifs is 1. The van der Waals surface area contributed by atoms with Gasteiger partial charge in [-0.2, -0.15) is 0 Å². The van der Waals surface area contributed by atoms with Crippen LogP contribution in [0.4, 0.5) is 0 Å². The van der Waals surface area contributed by atoms with Crippen LogP contribution in [0.2, 0.25) is 0 Å². The molecule has 0 aliphatic carbocycles. The summed E-state index contributed by atoms with van der Waals surface area (Å²) in [6.07, 6.45) is 5.16. The highest BCUT2D eigenvalue weighted by atomic mass is 32.1. The van der Waals surface area contributed by atoms with Crippen LogP contribution in [0, 0.1) is 6.92 Å². The number of benzene rings is 1. The highest BCUT2D eigenvalue weighted by Gasteiger charge is 2.14. The number of aryl methyl sites for hydroxylation is 1. The Morgan fingerprint density at radius 2 is 2.04 bits per heavy atom. The average molecular weight is 372 g/mol. The summed E-state index contributed by atoms with van der Waals surface area (Å²) in [6, 6.07) is 8.81. The molecule has 26 heavy (non-hydrogen) atoms. The van der Waals surface area contributed by atoms with E-state index in [9.17, 15) is 0 Å². The van der Waals surface area contributed by atoms with E-state index in [2.05, 4.69) is 56.7 Å². The predicted octanol–water partition coefficient (Wildman–Crippen LogP) is 2.61. The second kappa shape index (κ2) is 9.69. The summed E-state index contributed by atoms with van der Waals surface area (Å²) < 4.78 is 0. The minimum absolute atomic E-state index is 0.857. The number of aromatic nitrogens is 1. The highest BCUT2D eigenvalue weighted by Crippen LogP contribution is 2.18. The van der Waals surface area contributed by atoms with Crippen molar-refractivity contribution in [2.75, 3.05) is 33.2 Å². The predicted molar refractivity (Wildman–Crippen MR) is 110 cm³/mol. The van der Waals surface area contributed by atoms with E-state index < -0.39 is 0 Å². The molecule has 2 heterocycles. The van der Waals surface area contributed by atoms with Crippen molar-refractivity contribution in [2.24, 2.45) is 4.99 Å². The smallest absolute Gasteiger partial charge is 0.190 e. The third-order valence-corrected chi connectivity index (χ3v) is 5.65. The van der Waals surface area contributed by atoms with Gasteiger partial charge < -0.3 is 10.6 Å². The quantitative estimate of drug-likeness (QED) is 0.446. The molecule has 0 unspecified atom stereocenters. The van der Waals surface area contributed by atoms with Crippen LogP contribution in [0.15, 0.2) is 35.5 Å². The molecule has 0 saturated heterocycles. The summed E-state index contributed by atoms with van der Waals surface area (Å²) in [6.45, 7) is 7.25. The van der Waals surface area contributed by atoms with Crippen LogP contribution in [-0.2, 0) is 19.4 Å². The molecule has 0 radical (unpaired) electrons. The van der Waals surface area contributed by atoms with Gasteiger partial charge in [-0.15, -0.1) is 11.3 Å². The summed E-state index contributed by atoms with van der Waals surface area (Å²) >= 11 is 1.76. The summed E-state index contributed by atoms with van der Waals surface area (Å²) in [4.78, 5) is 12.5. The van der Waals surface area contributed by atoms with Crippen molar-refractivity contribution >= 4 is 17.3 Å². The van der Waals surface area contributed by atoms with Gasteiger partial charge >= 0.3 is 0 Å². The molecule has 6 heteroatoms. The van der Waals surface area contributed by atoms with E-state index in [1.807, 2.05) is 13.2 Å². The van der Waals surface area contributed by atoms with Gasteiger partial charge in [0.2, 0.25) is 0 Å². The topological polar surface area (TPSA) is 52.6 Å². The zero-order valence-electron chi connectivity index (χ0n) is 15.8. The molecule has 1 aromatic carbocycles. The van der Waals surface area contributed by atoms with Crippen molar-refractivity contribution in [2.45, 2.75) is 32.7 Å². The first-order valence-corrected chi connectivity index (χ1v) is 10.2. The second-order valence-corrected chi connectivity index (χ2v) is 8.01. The van der Waals surface area contributed by atoms with Crippen molar-refractivity contribution < 1.29 is 0 Å². The first kappa shape index (κ1) is 18.9. The van der Waals surface area contributed by atoms with Gasteiger partial charge in [-0.1, -0.05) is 24.3 Å². The lowest BCUT2D eigenvalue weighted by molar-refractivity contribution is 0.251. The minimum atomic E-state index is 0.857. The van der Waals surface area contributed by atoms with Gasteiger partial charge in [0.1, 0.15) is 0 Å². The number of aliphatic imine (C=N–C) groups is 1. The monoisotopic (exact) mass is 371 g/mol. The fraction of sp³-hybridized carbons (Fsp3) is 0.500. The molecule has 5 nitrogen and oxygen atoms in total. The normalized spacial score (nSPS) is 14.9. The van der Waals surface area contributed by atoms with Gasteiger partial charge in [0.15, 0.2) is 5.96 Å². The van der Waals surface area contributed by atoms with Gasteiger partial charge in [0.05, 0.1) is 5.01 Å². The number of thiazole rings is 1. The van der Waals surface area contributed by atoms with E-state index in [0.717, 1.165) is 51.5 Å². The average Bonchev–Trinajstić information content (AvgIpc) is 3.08. The summed E-state index contributed by atoms with van der Waals surface area (Å²) in [5.41, 5.74) is 3.00. The van der Waals surface area contributed by atoms with Gasteiger partial charge in [0.25, 0.3) is 0 Å². The maximum atomic E-state index is 4.39. The zero-order valence-corrected chi connectivity index (χ0v) is 16.6. The number of hydrogen-bond acceptors (Lipinski definition) is 4. The van der Waals surface area contributed by atoms with E-state index in [-0.39, 0.29) is 0 Å². The molecule has 0 atom stereocenters. The van der Waals surface area contributed by atoms with Gasteiger partial charge in [-0.25, -0.2) is 4.98 Å². The van der Waals surface area contributed by atoms with Crippen LogP contribution in [-0.4, -0.2) is 49.1 Å². The summed E-state index contributed by atoms with van der Waals surface area (Å²) in [5, 5.41) is 7.96. The Morgan fingerprint density at radius 1 is 1.23 bits per heavy atom. The first-order valence-electron chi connectivity index (χ1n) is 9.39. The molecule has 2 N–H and O–H groups in total. The van der Waals surface area contributed by atoms with E-state index in [0.29, 0.717) is 0 Å². The molecule has 140 valence electrons. The van der Waals surface area contributed by atoms with Crippen LogP contribution in [0.1, 0.15) is 27.4 Å². The van der Waals surface area contributed by atoms with Crippen molar-refractivity contribution in [3.8, 4) is 0 Å². The lowest BCUT2D eigenvalue weighted by atomic mass is 10.00. The van der Waals surface area contributed by atoms with E-state index in [1.165, 1.54) is 27.4 Å². The van der Waals surface area contributed by atoms with Gasteiger partial charge in [-0.05, 0) is 30.9 Å². The van der Waals surface area contributed by atoms with Crippen molar-refractivity contribution in [1.29, 1.82) is 0 Å². The SMILES string of the molecule is CN=C(NCCCN1CCc2ccccc2C1)NCCc1ncc(C)s1. The van der Waals surface area contributed by atoms with Gasteiger partial charge in [-0.3, -0.25) is 9.89 Å². The Balaban J connectivity index is 1.31. The number of hydrogen-bond donors (Lipinski definition) is 2. The van der Waals surface area contributed by atoms with E-state index in [4.69, 9.17) is 0 Å². The maximum absolute atomic E-state index is 4.39. The third-order valence-electron chi connectivity index (χ3n) is 4.68. The minimum Gasteiger partial charge on any atom is -0.356 e. The molecule has 1 aliphatic rings. The Labute approximate surface area is 160 Å². The molecule has 0 bridgehead atoms. The number of guanidine groups is 1. The third kappa shape index (κ3) is 5.54. The van der Waals surface area contributed by atoms with Crippen LogP contribution in [0.25, 0.3) is 0 Å². The van der Waals surface area contributed by atoms with Crippen LogP contribution >= 0.6 is 11.3 Å². The number of nitrogens with one attached hydrogen (secondary N) is 2. The Morgan fingerprint density at radius 3 is 2.81 bits per heavy atom. The lowest BCUT2D eigenvalue weighted by Gasteiger charge is -2.28. The van der Waals surface area contributed by atoms with Crippen LogP contribution < -0.4 is 10.6 Å². The molecule has 2 aromatic rings. The maximum Gasteiger partial charge on any atom is 0.190 e. The lowest BCUT2D eigenvalue weighted by Crippen LogP contribution is -2.40. The van der Waals surface area contributed by atoms with Crippen molar-refractivity contribution in [1.82, 2.24) is 20.5 Å². The fourth-order valence-corrected chi connectivity index (χ4v) is 4.07. The molecular formula is C20H29N5S. The standard InChI is InChI=1S/C20H29N5S/c1-16-14-24-19(26-16)8-11-23-20(21-2)22-10-5-12-25-13-9-17-6-3-4-7-18(17)15-25/h3-4,6-7,14H,5,8-13,15H2,1-2H3,(H2,21,22,23). The van der Waals surface area contributed by atoms with Crippen molar-refractivity contribution in [3.63, 3.8) is 0 Å². The fourth-order valence-electron chi connectivity index (χ4n) is 3.28. The van der Waals surface area contributed by atoms with E-state index in [1.54, 1.807) is 11.3 Å². The molecule has 1 aliphatic heterocycles. The number of rotatable bonds is 7. The zero-order chi connectivity index (χ0) is 18.2. The molecule has 0 saturated carbocycles. The van der Waals surface area contributed by atoms with Crippen molar-refractivity contribution in [3.05, 3.63) is 51.5 Å². The second-order valence-electron chi connectivity index (χ2n) is 6.69. The van der Waals surface area contributed by atoms with Crippen LogP contribution in [0.3, 0.4) is 0 Å². The molecular weight excluding hydrogens is 342 g/mol. The summed E-state index contributed by atoms with van der Waals surface area (Å²) in [5.74, 6) is 0.877. The van der Waals surface area contributed by atoms with E-state index >= 15 is 0 Å². The molecule has 3 rings (SSSR count). The summed E-state index contributed by atoms with van der Waals surface area (Å²) in [7, 11) is 1.82.